The molecule has 2 rings (SSSR count). The number of para-hydroxylation sites is 1. The molecule has 2 aromatic rings. The lowest BCUT2D eigenvalue weighted by atomic mass is 10.1. The molecule has 5 heteroatoms. The molecule has 0 atom stereocenters. The molecule has 1 N–H and O–H groups in total. The van der Waals surface area contributed by atoms with E-state index in [1.165, 1.54) is 4.90 Å². The standard InChI is InChI=1S/C22H28N2O3/c1-15(2)27-14-18-9-11-19(12-10-18)22(26)24(5)13-20(25)23-21-16(3)7-6-8-17(21)4/h6-12,15H,13-14H2,1-5H3,(H,23,25). The first-order valence-corrected chi connectivity index (χ1v) is 9.10. The number of benzene rings is 2. The fourth-order valence-corrected chi connectivity index (χ4v) is 2.70. The minimum atomic E-state index is -0.217. The monoisotopic (exact) mass is 368 g/mol. The number of hydrogen-bond acceptors (Lipinski definition) is 3. The molecule has 0 unspecified atom stereocenters. The third-order valence-electron chi connectivity index (χ3n) is 4.26. The summed E-state index contributed by atoms with van der Waals surface area (Å²) in [4.78, 5) is 26.3. The van der Waals surface area contributed by atoms with Gasteiger partial charge in [-0.05, 0) is 56.5 Å². The van der Waals surface area contributed by atoms with Gasteiger partial charge in [-0.15, -0.1) is 0 Å². The van der Waals surface area contributed by atoms with Gasteiger partial charge in [0, 0.05) is 18.3 Å². The summed E-state index contributed by atoms with van der Waals surface area (Å²) >= 11 is 0. The number of aryl methyl sites for hydroxylation is 2. The van der Waals surface area contributed by atoms with Crippen molar-refractivity contribution in [1.82, 2.24) is 4.90 Å². The number of nitrogens with zero attached hydrogens (tertiary/aromatic N) is 1. The molecule has 2 aromatic carbocycles. The van der Waals surface area contributed by atoms with Crippen LogP contribution in [0.1, 0.15) is 40.9 Å². The fourth-order valence-electron chi connectivity index (χ4n) is 2.70. The molecular weight excluding hydrogens is 340 g/mol. The Morgan fingerprint density at radius 3 is 2.19 bits per heavy atom. The molecule has 0 bridgehead atoms. The van der Waals surface area contributed by atoms with Gasteiger partial charge >= 0.3 is 0 Å². The molecule has 0 aromatic heterocycles. The number of ether oxygens (including phenoxy) is 1. The van der Waals surface area contributed by atoms with Crippen LogP contribution in [-0.4, -0.2) is 36.4 Å². The van der Waals surface area contributed by atoms with E-state index in [2.05, 4.69) is 5.32 Å². The lowest BCUT2D eigenvalue weighted by molar-refractivity contribution is -0.116. The van der Waals surface area contributed by atoms with Crippen molar-refractivity contribution in [3.8, 4) is 0 Å². The molecule has 144 valence electrons. The Hall–Kier alpha value is -2.66. The van der Waals surface area contributed by atoms with Crippen LogP contribution < -0.4 is 5.32 Å². The summed E-state index contributed by atoms with van der Waals surface area (Å²) in [5.74, 6) is -0.409. The average Bonchev–Trinajstić information content (AvgIpc) is 2.63. The Kier molecular flexibility index (Phi) is 7.13. The van der Waals surface area contributed by atoms with E-state index in [0.29, 0.717) is 12.2 Å². The summed E-state index contributed by atoms with van der Waals surface area (Å²) in [6.07, 6.45) is 0.160. The van der Waals surface area contributed by atoms with Crippen molar-refractivity contribution in [2.75, 3.05) is 18.9 Å². The van der Waals surface area contributed by atoms with E-state index < -0.39 is 0 Å². The molecule has 0 heterocycles. The number of amides is 2. The van der Waals surface area contributed by atoms with E-state index in [0.717, 1.165) is 22.4 Å². The van der Waals surface area contributed by atoms with Crippen molar-refractivity contribution < 1.29 is 14.3 Å². The van der Waals surface area contributed by atoms with Crippen molar-refractivity contribution >= 4 is 17.5 Å². The molecule has 0 fully saturated rings. The van der Waals surface area contributed by atoms with Gasteiger partial charge in [-0.2, -0.15) is 0 Å². The molecule has 27 heavy (non-hydrogen) atoms. The number of nitrogens with one attached hydrogen (secondary N) is 1. The van der Waals surface area contributed by atoms with Crippen molar-refractivity contribution in [2.24, 2.45) is 0 Å². The molecule has 0 saturated carbocycles. The van der Waals surface area contributed by atoms with Crippen LogP contribution in [0.4, 0.5) is 5.69 Å². The number of likely N-dealkylation sites (N-methyl/N-ethyl adjacent to an activating group) is 1. The lowest BCUT2D eigenvalue weighted by Gasteiger charge is -2.18. The largest absolute Gasteiger partial charge is 0.374 e. The summed E-state index contributed by atoms with van der Waals surface area (Å²) in [7, 11) is 1.63. The van der Waals surface area contributed by atoms with Gasteiger partial charge in [0.15, 0.2) is 0 Å². The second-order valence-corrected chi connectivity index (χ2v) is 7.03. The summed E-state index contributed by atoms with van der Waals surface area (Å²) in [5.41, 5.74) is 4.35. The zero-order chi connectivity index (χ0) is 20.0. The zero-order valence-corrected chi connectivity index (χ0v) is 16.7. The van der Waals surface area contributed by atoms with Gasteiger partial charge in [-0.1, -0.05) is 30.3 Å². The molecular formula is C22H28N2O3. The van der Waals surface area contributed by atoms with Crippen molar-refractivity contribution in [1.29, 1.82) is 0 Å². The van der Waals surface area contributed by atoms with Gasteiger partial charge < -0.3 is 15.0 Å². The second kappa shape index (κ2) is 9.33. The van der Waals surface area contributed by atoms with Gasteiger partial charge in [0.1, 0.15) is 0 Å². The van der Waals surface area contributed by atoms with Crippen LogP contribution in [0.3, 0.4) is 0 Å². The molecule has 0 aliphatic carbocycles. The van der Waals surface area contributed by atoms with E-state index in [9.17, 15) is 9.59 Å². The Bertz CT molecular complexity index is 777. The minimum Gasteiger partial charge on any atom is -0.374 e. The maximum absolute atomic E-state index is 12.6. The van der Waals surface area contributed by atoms with Gasteiger partial charge in [-0.3, -0.25) is 9.59 Å². The first-order chi connectivity index (χ1) is 12.8. The number of carbonyl (C=O) groups excluding carboxylic acids is 2. The van der Waals surface area contributed by atoms with Crippen LogP contribution in [0, 0.1) is 13.8 Å². The van der Waals surface area contributed by atoms with Crippen molar-refractivity contribution in [3.05, 3.63) is 64.7 Å². The normalized spacial score (nSPS) is 10.7. The molecule has 0 spiro atoms. The first-order valence-electron chi connectivity index (χ1n) is 9.10. The maximum Gasteiger partial charge on any atom is 0.254 e. The lowest BCUT2D eigenvalue weighted by Crippen LogP contribution is -2.35. The predicted octanol–water partition coefficient (Wildman–Crippen LogP) is 3.94. The van der Waals surface area contributed by atoms with Gasteiger partial charge in [0.05, 0.1) is 19.3 Å². The third kappa shape index (κ3) is 5.93. The van der Waals surface area contributed by atoms with Crippen LogP contribution >= 0.6 is 0 Å². The Morgan fingerprint density at radius 2 is 1.63 bits per heavy atom. The topological polar surface area (TPSA) is 58.6 Å². The average molecular weight is 368 g/mol. The predicted molar refractivity (Wildman–Crippen MR) is 108 cm³/mol. The fraction of sp³-hybridized carbons (Fsp3) is 0.364. The summed E-state index contributed by atoms with van der Waals surface area (Å²) in [5, 5.41) is 2.90. The number of rotatable bonds is 7. The summed E-state index contributed by atoms with van der Waals surface area (Å²) in [6, 6.07) is 13.1. The molecule has 2 amide bonds. The minimum absolute atomic E-state index is 0.00911. The van der Waals surface area contributed by atoms with Crippen LogP contribution in [0.2, 0.25) is 0 Å². The van der Waals surface area contributed by atoms with E-state index in [4.69, 9.17) is 4.74 Å². The van der Waals surface area contributed by atoms with Gasteiger partial charge in [0.2, 0.25) is 5.91 Å². The quantitative estimate of drug-likeness (QED) is 0.805. The molecule has 5 nitrogen and oxygen atoms in total. The first kappa shape index (κ1) is 20.6. The molecule has 0 aliphatic heterocycles. The summed E-state index contributed by atoms with van der Waals surface area (Å²) in [6.45, 7) is 8.36. The number of anilines is 1. The summed E-state index contributed by atoms with van der Waals surface area (Å²) < 4.78 is 5.56. The number of carbonyl (C=O) groups is 2. The SMILES string of the molecule is Cc1cccc(C)c1NC(=O)CN(C)C(=O)c1ccc(COC(C)C)cc1. The Labute approximate surface area is 161 Å². The molecule has 0 aliphatic rings. The van der Waals surface area contributed by atoms with E-state index in [-0.39, 0.29) is 24.5 Å². The number of hydrogen-bond donors (Lipinski definition) is 1. The maximum atomic E-state index is 12.6. The third-order valence-corrected chi connectivity index (χ3v) is 4.26. The molecule has 0 radical (unpaired) electrons. The second-order valence-electron chi connectivity index (χ2n) is 7.03. The van der Waals surface area contributed by atoms with E-state index in [1.54, 1.807) is 19.2 Å². The van der Waals surface area contributed by atoms with Gasteiger partial charge in [-0.25, -0.2) is 0 Å². The van der Waals surface area contributed by atoms with Crippen LogP contribution in [0.15, 0.2) is 42.5 Å². The van der Waals surface area contributed by atoms with Crippen molar-refractivity contribution in [3.63, 3.8) is 0 Å². The van der Waals surface area contributed by atoms with Crippen LogP contribution in [0.25, 0.3) is 0 Å². The Balaban J connectivity index is 1.95. The van der Waals surface area contributed by atoms with Crippen LogP contribution in [0.5, 0.6) is 0 Å². The highest BCUT2D eigenvalue weighted by Gasteiger charge is 2.16. The van der Waals surface area contributed by atoms with Crippen LogP contribution in [-0.2, 0) is 16.1 Å². The van der Waals surface area contributed by atoms with Crippen molar-refractivity contribution in [2.45, 2.75) is 40.4 Å². The highest BCUT2D eigenvalue weighted by Crippen LogP contribution is 2.19. The van der Waals surface area contributed by atoms with E-state index >= 15 is 0 Å². The molecule has 0 saturated heterocycles. The highest BCUT2D eigenvalue weighted by molar-refractivity contribution is 5.99. The highest BCUT2D eigenvalue weighted by atomic mass is 16.5. The smallest absolute Gasteiger partial charge is 0.254 e. The van der Waals surface area contributed by atoms with Gasteiger partial charge in [0.25, 0.3) is 5.91 Å². The van der Waals surface area contributed by atoms with E-state index in [1.807, 2.05) is 58.0 Å². The zero-order valence-electron chi connectivity index (χ0n) is 16.7. The Morgan fingerprint density at radius 1 is 1.04 bits per heavy atom.